The Morgan fingerprint density at radius 3 is 3.17 bits per heavy atom. The van der Waals surface area contributed by atoms with Gasteiger partial charge in [0.15, 0.2) is 15.9 Å². The number of hydrogen-bond acceptors (Lipinski definition) is 8. The van der Waals surface area contributed by atoms with Gasteiger partial charge in [0.2, 0.25) is 5.91 Å². The van der Waals surface area contributed by atoms with Gasteiger partial charge in [-0.1, -0.05) is 11.3 Å². The van der Waals surface area contributed by atoms with Gasteiger partial charge >= 0.3 is 0 Å². The quantitative estimate of drug-likeness (QED) is 0.293. The van der Waals surface area contributed by atoms with E-state index < -0.39 is 12.5 Å². The lowest BCUT2D eigenvalue weighted by atomic mass is 10.3. The van der Waals surface area contributed by atoms with E-state index in [1.165, 1.54) is 11.3 Å². The maximum absolute atomic E-state index is 11.0. The van der Waals surface area contributed by atoms with Crippen LogP contribution in [0.3, 0.4) is 0 Å². The third kappa shape index (κ3) is 5.05. The summed E-state index contributed by atoms with van der Waals surface area (Å²) in [6, 6.07) is 3.44. The van der Waals surface area contributed by atoms with Crippen LogP contribution in [-0.2, 0) is 16.1 Å². The van der Waals surface area contributed by atoms with Gasteiger partial charge in [-0.2, -0.15) is 0 Å². The zero-order valence-electron chi connectivity index (χ0n) is 13.1. The maximum atomic E-state index is 11.0. The number of nitrogens with zero attached hydrogens (tertiary/aromatic N) is 2. The van der Waals surface area contributed by atoms with Gasteiger partial charge in [-0.05, 0) is 12.1 Å². The van der Waals surface area contributed by atoms with Gasteiger partial charge in [0.25, 0.3) is 0 Å². The number of nitrogens with one attached hydrogen (secondary N) is 2. The molecule has 24 heavy (non-hydrogen) atoms. The van der Waals surface area contributed by atoms with E-state index in [-0.39, 0.29) is 6.54 Å². The number of nitrogen functional groups attached to an aromatic ring is 1. The van der Waals surface area contributed by atoms with Crippen LogP contribution in [0.5, 0.6) is 0 Å². The first-order chi connectivity index (χ1) is 11.6. The van der Waals surface area contributed by atoms with E-state index >= 15 is 0 Å². The largest absolute Gasteiger partial charge is 0.457 e. The Kier molecular flexibility index (Phi) is 6.73. The van der Waals surface area contributed by atoms with Gasteiger partial charge in [-0.3, -0.25) is 4.79 Å². The topological polar surface area (TPSA) is 135 Å². The van der Waals surface area contributed by atoms with Crippen molar-refractivity contribution in [3.05, 3.63) is 17.9 Å². The lowest BCUT2D eigenvalue weighted by Gasteiger charge is -2.00. The van der Waals surface area contributed by atoms with Gasteiger partial charge in [-0.15, -0.1) is 0 Å². The standard InChI is InChI=1S/C14H19N5O4S/c1-22-5-4-16-8-18-13-12(19-14(15)24-13)10-3-2-9(23-10)6-17-11(21)7-20/h2-3,8,20H,4-7H2,1H3,(H2,15,19)(H,16,18)(H,17,21). The normalized spacial score (nSPS) is 11.1. The fourth-order valence-electron chi connectivity index (χ4n) is 1.75. The van der Waals surface area contributed by atoms with Crippen molar-refractivity contribution in [1.29, 1.82) is 0 Å². The number of aromatic nitrogens is 1. The molecule has 0 fully saturated rings. The van der Waals surface area contributed by atoms with Gasteiger partial charge in [0.1, 0.15) is 18.1 Å². The first kappa shape index (κ1) is 17.9. The molecule has 2 rings (SSSR count). The smallest absolute Gasteiger partial charge is 0.246 e. The zero-order chi connectivity index (χ0) is 17.4. The number of hydrogen-bond donors (Lipinski definition) is 4. The molecule has 5 N–H and O–H groups in total. The molecule has 0 atom stereocenters. The zero-order valence-corrected chi connectivity index (χ0v) is 13.9. The number of anilines is 1. The number of methoxy groups -OCH3 is 1. The van der Waals surface area contributed by atoms with Crippen molar-refractivity contribution in [2.45, 2.75) is 6.54 Å². The van der Waals surface area contributed by atoms with E-state index in [4.69, 9.17) is 20.0 Å². The molecule has 0 saturated carbocycles. The minimum Gasteiger partial charge on any atom is -0.457 e. The van der Waals surface area contributed by atoms with Crippen molar-refractivity contribution in [1.82, 2.24) is 15.6 Å². The second kappa shape index (κ2) is 9.01. The van der Waals surface area contributed by atoms with Crippen molar-refractivity contribution in [2.24, 2.45) is 4.99 Å². The highest BCUT2D eigenvalue weighted by Gasteiger charge is 2.15. The number of aliphatic imine (C=N–C) groups is 1. The molecule has 0 bridgehead atoms. The molecule has 10 heteroatoms. The Labute approximate surface area is 142 Å². The molecule has 0 unspecified atom stereocenters. The number of carbonyl (C=O) groups excluding carboxylic acids is 1. The molecule has 130 valence electrons. The summed E-state index contributed by atoms with van der Waals surface area (Å²) >= 11 is 1.24. The monoisotopic (exact) mass is 353 g/mol. The molecule has 0 aromatic carbocycles. The molecule has 0 saturated heterocycles. The summed E-state index contributed by atoms with van der Waals surface area (Å²) in [6.45, 7) is 0.825. The van der Waals surface area contributed by atoms with Gasteiger partial charge < -0.3 is 30.6 Å². The highest BCUT2D eigenvalue weighted by Crippen LogP contribution is 2.37. The molecule has 0 radical (unpaired) electrons. The van der Waals surface area contributed by atoms with Crippen LogP contribution in [0.1, 0.15) is 5.76 Å². The Morgan fingerprint density at radius 2 is 2.42 bits per heavy atom. The van der Waals surface area contributed by atoms with Crippen molar-refractivity contribution < 1.29 is 19.1 Å². The third-order valence-electron chi connectivity index (χ3n) is 2.85. The van der Waals surface area contributed by atoms with E-state index in [0.717, 1.165) is 0 Å². The summed E-state index contributed by atoms with van der Waals surface area (Å²) in [5.41, 5.74) is 6.29. The predicted octanol–water partition coefficient (Wildman–Crippen LogP) is 0.490. The summed E-state index contributed by atoms with van der Waals surface area (Å²) in [6.07, 6.45) is 1.56. The summed E-state index contributed by atoms with van der Waals surface area (Å²) in [7, 11) is 1.62. The highest BCUT2D eigenvalue weighted by atomic mass is 32.1. The van der Waals surface area contributed by atoms with Crippen molar-refractivity contribution >= 4 is 33.7 Å². The van der Waals surface area contributed by atoms with Crippen LogP contribution in [0.25, 0.3) is 11.5 Å². The fraction of sp³-hybridized carbons (Fsp3) is 0.357. The van der Waals surface area contributed by atoms with Crippen LogP contribution >= 0.6 is 11.3 Å². The van der Waals surface area contributed by atoms with Crippen molar-refractivity contribution in [3.63, 3.8) is 0 Å². The van der Waals surface area contributed by atoms with E-state index in [0.29, 0.717) is 40.5 Å². The summed E-state index contributed by atoms with van der Waals surface area (Å²) in [5, 5.41) is 15.2. The summed E-state index contributed by atoms with van der Waals surface area (Å²) in [4.78, 5) is 19.6. The Balaban J connectivity index is 2.06. The Hall–Kier alpha value is -2.43. The van der Waals surface area contributed by atoms with Crippen LogP contribution in [0.15, 0.2) is 21.5 Å². The molecule has 2 aromatic rings. The Bertz CT molecular complexity index is 697. The van der Waals surface area contributed by atoms with Gasteiger partial charge in [0.05, 0.1) is 19.5 Å². The average molecular weight is 353 g/mol. The first-order valence-corrected chi connectivity index (χ1v) is 7.93. The number of aliphatic hydroxyl groups is 1. The van der Waals surface area contributed by atoms with Gasteiger partial charge in [0, 0.05) is 13.7 Å². The third-order valence-corrected chi connectivity index (χ3v) is 3.64. The number of carbonyl (C=O) groups is 1. The molecular weight excluding hydrogens is 334 g/mol. The minimum atomic E-state index is -0.564. The highest BCUT2D eigenvalue weighted by molar-refractivity contribution is 7.19. The van der Waals surface area contributed by atoms with E-state index in [1.54, 1.807) is 25.6 Å². The molecule has 0 aliphatic rings. The number of ether oxygens (including phenoxy) is 1. The second-order valence-electron chi connectivity index (χ2n) is 4.61. The molecule has 9 nitrogen and oxygen atoms in total. The van der Waals surface area contributed by atoms with Crippen molar-refractivity contribution in [2.75, 3.05) is 32.6 Å². The van der Waals surface area contributed by atoms with Gasteiger partial charge in [-0.25, -0.2) is 9.98 Å². The van der Waals surface area contributed by atoms with Crippen LogP contribution in [-0.4, -0.2) is 49.2 Å². The van der Waals surface area contributed by atoms with Crippen LogP contribution in [0.4, 0.5) is 10.1 Å². The molecule has 2 aromatic heterocycles. The first-order valence-electron chi connectivity index (χ1n) is 7.12. The maximum Gasteiger partial charge on any atom is 0.246 e. The Morgan fingerprint density at radius 1 is 1.58 bits per heavy atom. The predicted molar refractivity (Wildman–Crippen MR) is 91.2 cm³/mol. The SMILES string of the molecule is COCCNC=Nc1sc(N)nc1-c1ccc(CNC(=O)CO)o1. The number of rotatable bonds is 9. The van der Waals surface area contributed by atoms with E-state index in [2.05, 4.69) is 20.6 Å². The molecule has 0 aliphatic heterocycles. The second-order valence-corrected chi connectivity index (χ2v) is 5.62. The average Bonchev–Trinajstić information content (AvgIpc) is 3.18. The van der Waals surface area contributed by atoms with Crippen LogP contribution < -0.4 is 16.4 Å². The fourth-order valence-corrected chi connectivity index (χ4v) is 2.43. The molecule has 1 amide bonds. The number of amides is 1. The molecular formula is C14H19N5O4S. The number of furan rings is 1. The van der Waals surface area contributed by atoms with Crippen LogP contribution in [0.2, 0.25) is 0 Å². The lowest BCUT2D eigenvalue weighted by Crippen LogP contribution is -2.25. The number of aliphatic hydroxyl groups excluding tert-OH is 1. The summed E-state index contributed by atoms with van der Waals surface area (Å²) in [5.74, 6) is 0.560. The molecule has 0 spiro atoms. The lowest BCUT2D eigenvalue weighted by molar-refractivity contribution is -0.124. The van der Waals surface area contributed by atoms with Crippen molar-refractivity contribution in [3.8, 4) is 11.5 Å². The minimum absolute atomic E-state index is 0.177. The van der Waals surface area contributed by atoms with E-state index in [1.807, 2.05) is 0 Å². The molecule has 2 heterocycles. The van der Waals surface area contributed by atoms with E-state index in [9.17, 15) is 4.79 Å². The molecule has 0 aliphatic carbocycles. The summed E-state index contributed by atoms with van der Waals surface area (Å²) < 4.78 is 10.6. The number of nitrogens with two attached hydrogens (primary N) is 1. The van der Waals surface area contributed by atoms with Crippen LogP contribution in [0, 0.1) is 0 Å². The number of thiazole rings is 1.